The smallest absolute Gasteiger partial charge is 0.244 e. The Morgan fingerprint density at radius 3 is 2.43 bits per heavy atom. The first kappa shape index (κ1) is 17.0. The van der Waals surface area contributed by atoms with Crippen LogP contribution in [-0.4, -0.2) is 32.7 Å². The number of piperidine rings is 1. The SMILES string of the molecule is O=C(NS(=O)(=O)C1CCNCC1)C1(c2ccc(Cl)cc2Cl)CC1. The normalized spacial score (nSPS) is 21.0. The van der Waals surface area contributed by atoms with Crippen molar-refractivity contribution < 1.29 is 13.2 Å². The van der Waals surface area contributed by atoms with Crippen LogP contribution in [0.4, 0.5) is 0 Å². The molecule has 1 heterocycles. The summed E-state index contributed by atoms with van der Waals surface area (Å²) in [4.78, 5) is 12.6. The summed E-state index contributed by atoms with van der Waals surface area (Å²) in [5.41, 5.74) is -0.205. The summed E-state index contributed by atoms with van der Waals surface area (Å²) in [7, 11) is -3.66. The van der Waals surface area contributed by atoms with Gasteiger partial charge in [-0.15, -0.1) is 0 Å². The molecular formula is C15H18Cl2N2O3S. The third-order valence-electron chi connectivity index (χ3n) is 4.59. The quantitative estimate of drug-likeness (QED) is 0.844. The zero-order chi connectivity index (χ0) is 16.7. The molecule has 1 saturated carbocycles. The number of hydrogen-bond acceptors (Lipinski definition) is 4. The Bertz CT molecular complexity index is 726. The van der Waals surface area contributed by atoms with Crippen LogP contribution < -0.4 is 10.0 Å². The van der Waals surface area contributed by atoms with Gasteiger partial charge in [0.15, 0.2) is 0 Å². The number of amides is 1. The summed E-state index contributed by atoms with van der Waals surface area (Å²) in [5.74, 6) is -0.486. The van der Waals surface area contributed by atoms with Gasteiger partial charge in [-0.1, -0.05) is 29.3 Å². The average molecular weight is 377 g/mol. The van der Waals surface area contributed by atoms with E-state index in [4.69, 9.17) is 23.2 Å². The van der Waals surface area contributed by atoms with E-state index >= 15 is 0 Å². The summed E-state index contributed by atoms with van der Waals surface area (Å²) < 4.78 is 27.1. The molecule has 0 bridgehead atoms. The molecule has 2 N–H and O–H groups in total. The van der Waals surface area contributed by atoms with Crippen LogP contribution in [0.15, 0.2) is 18.2 Å². The predicted molar refractivity (Wildman–Crippen MR) is 90.3 cm³/mol. The molecule has 5 nitrogen and oxygen atoms in total. The molecule has 0 spiro atoms. The molecule has 3 rings (SSSR count). The third kappa shape index (κ3) is 3.36. The Morgan fingerprint density at radius 1 is 1.22 bits per heavy atom. The van der Waals surface area contributed by atoms with Gasteiger partial charge in [0.2, 0.25) is 15.9 Å². The van der Waals surface area contributed by atoms with Crippen molar-refractivity contribution in [1.82, 2.24) is 10.0 Å². The van der Waals surface area contributed by atoms with Gasteiger partial charge in [-0.05, 0) is 56.5 Å². The highest BCUT2D eigenvalue weighted by Crippen LogP contribution is 2.51. The fourth-order valence-electron chi connectivity index (χ4n) is 3.04. The number of carbonyl (C=O) groups is 1. The number of carbonyl (C=O) groups excluding carboxylic acids is 1. The summed E-state index contributed by atoms with van der Waals surface area (Å²) in [5, 5.41) is 3.47. The highest BCUT2D eigenvalue weighted by Gasteiger charge is 2.53. The van der Waals surface area contributed by atoms with Crippen molar-refractivity contribution in [2.45, 2.75) is 36.3 Å². The molecule has 1 aliphatic heterocycles. The second-order valence-electron chi connectivity index (χ2n) is 6.13. The lowest BCUT2D eigenvalue weighted by Gasteiger charge is -2.24. The Hall–Kier alpha value is -0.820. The van der Waals surface area contributed by atoms with Gasteiger partial charge in [-0.25, -0.2) is 8.42 Å². The Morgan fingerprint density at radius 2 is 1.87 bits per heavy atom. The maximum Gasteiger partial charge on any atom is 0.244 e. The zero-order valence-electron chi connectivity index (χ0n) is 12.4. The fourth-order valence-corrected chi connectivity index (χ4v) is 5.10. The van der Waals surface area contributed by atoms with Gasteiger partial charge < -0.3 is 5.32 Å². The maximum atomic E-state index is 12.6. The van der Waals surface area contributed by atoms with Crippen LogP contribution >= 0.6 is 23.2 Å². The average Bonchev–Trinajstić information content (AvgIpc) is 3.29. The number of rotatable bonds is 4. The van der Waals surface area contributed by atoms with Crippen molar-refractivity contribution in [3.8, 4) is 0 Å². The molecule has 8 heteroatoms. The van der Waals surface area contributed by atoms with E-state index < -0.39 is 26.6 Å². The third-order valence-corrected chi connectivity index (χ3v) is 6.96. The molecule has 0 unspecified atom stereocenters. The standard InChI is InChI=1S/C15H18Cl2N2O3S/c16-10-1-2-12(13(17)9-10)15(5-6-15)14(20)19-23(21,22)11-3-7-18-8-4-11/h1-2,9,11,18H,3-8H2,(H,19,20). The molecule has 1 aromatic rings. The molecule has 0 atom stereocenters. The number of benzene rings is 1. The van der Waals surface area contributed by atoms with Crippen molar-refractivity contribution in [2.75, 3.05) is 13.1 Å². The van der Waals surface area contributed by atoms with Gasteiger partial charge in [0.1, 0.15) is 0 Å². The van der Waals surface area contributed by atoms with Crippen LogP contribution in [0.3, 0.4) is 0 Å². The molecule has 2 fully saturated rings. The second kappa shape index (κ2) is 6.24. The monoisotopic (exact) mass is 376 g/mol. The Balaban J connectivity index is 1.80. The predicted octanol–water partition coefficient (Wildman–Crippen LogP) is 2.22. The lowest BCUT2D eigenvalue weighted by atomic mass is 9.95. The second-order valence-corrected chi connectivity index (χ2v) is 8.94. The largest absolute Gasteiger partial charge is 0.317 e. The van der Waals surface area contributed by atoms with E-state index in [1.807, 2.05) is 0 Å². The minimum absolute atomic E-state index is 0.393. The van der Waals surface area contributed by atoms with Crippen LogP contribution in [0.25, 0.3) is 0 Å². The van der Waals surface area contributed by atoms with Gasteiger partial charge in [0.25, 0.3) is 0 Å². The number of hydrogen-bond donors (Lipinski definition) is 2. The van der Waals surface area contributed by atoms with Crippen molar-refractivity contribution in [2.24, 2.45) is 0 Å². The van der Waals surface area contributed by atoms with Gasteiger partial charge in [0.05, 0.1) is 10.7 Å². The minimum atomic E-state index is -3.66. The number of nitrogens with one attached hydrogen (secondary N) is 2. The van der Waals surface area contributed by atoms with E-state index in [0.29, 0.717) is 54.4 Å². The summed E-state index contributed by atoms with van der Waals surface area (Å²) in [6.07, 6.45) is 2.19. The minimum Gasteiger partial charge on any atom is -0.317 e. The molecule has 1 amide bonds. The van der Waals surface area contributed by atoms with Gasteiger partial charge in [-0.2, -0.15) is 0 Å². The molecular weight excluding hydrogens is 359 g/mol. The molecule has 1 saturated heterocycles. The molecule has 1 aliphatic carbocycles. The van der Waals surface area contributed by atoms with E-state index in [-0.39, 0.29) is 0 Å². The summed E-state index contributed by atoms with van der Waals surface area (Å²) >= 11 is 12.1. The van der Waals surface area contributed by atoms with Crippen molar-refractivity contribution in [3.63, 3.8) is 0 Å². The lowest BCUT2D eigenvalue weighted by molar-refractivity contribution is -0.121. The molecule has 126 valence electrons. The Kier molecular flexibility index (Phi) is 4.62. The Labute approximate surface area is 145 Å². The molecule has 2 aliphatic rings. The first-order valence-electron chi connectivity index (χ1n) is 7.57. The van der Waals surface area contributed by atoms with E-state index in [9.17, 15) is 13.2 Å². The van der Waals surface area contributed by atoms with E-state index in [0.717, 1.165) is 0 Å². The highest BCUT2D eigenvalue weighted by atomic mass is 35.5. The first-order chi connectivity index (χ1) is 10.8. The van der Waals surface area contributed by atoms with E-state index in [1.165, 1.54) is 0 Å². The lowest BCUT2D eigenvalue weighted by Crippen LogP contribution is -2.46. The van der Waals surface area contributed by atoms with Gasteiger partial charge in [0, 0.05) is 10.0 Å². The van der Waals surface area contributed by atoms with E-state index in [2.05, 4.69) is 10.0 Å². The number of sulfonamides is 1. The molecule has 0 radical (unpaired) electrons. The maximum absolute atomic E-state index is 12.6. The van der Waals surface area contributed by atoms with Crippen molar-refractivity contribution in [3.05, 3.63) is 33.8 Å². The first-order valence-corrected chi connectivity index (χ1v) is 9.88. The van der Waals surface area contributed by atoms with Crippen LogP contribution in [-0.2, 0) is 20.2 Å². The fraction of sp³-hybridized carbons (Fsp3) is 0.533. The zero-order valence-corrected chi connectivity index (χ0v) is 14.8. The number of halogens is 2. The van der Waals surface area contributed by atoms with Gasteiger partial charge in [-0.3, -0.25) is 9.52 Å². The summed E-state index contributed by atoms with van der Waals surface area (Å²) in [6.45, 7) is 1.29. The van der Waals surface area contributed by atoms with Crippen molar-refractivity contribution in [1.29, 1.82) is 0 Å². The van der Waals surface area contributed by atoms with Gasteiger partial charge >= 0.3 is 0 Å². The van der Waals surface area contributed by atoms with Crippen LogP contribution in [0, 0.1) is 0 Å². The van der Waals surface area contributed by atoms with Crippen LogP contribution in [0.2, 0.25) is 10.0 Å². The molecule has 23 heavy (non-hydrogen) atoms. The van der Waals surface area contributed by atoms with Crippen molar-refractivity contribution >= 4 is 39.1 Å². The highest BCUT2D eigenvalue weighted by molar-refractivity contribution is 7.90. The molecule has 1 aromatic carbocycles. The molecule has 0 aromatic heterocycles. The van der Waals surface area contributed by atoms with Crippen LogP contribution in [0.5, 0.6) is 0 Å². The van der Waals surface area contributed by atoms with E-state index in [1.54, 1.807) is 18.2 Å². The topological polar surface area (TPSA) is 75.3 Å². The summed E-state index contributed by atoms with van der Waals surface area (Å²) in [6, 6.07) is 4.94. The van der Waals surface area contributed by atoms with Crippen LogP contribution in [0.1, 0.15) is 31.2 Å².